The standard InChI is InChI=1S/C16H18BrN3O/c17-14-6-4-13(5-7-14)11-16(21)20-10-1-3-15(20)12-19-9-2-8-18-19/h2,4-9,15H,1,3,10-12H2/t15-/m1/s1. The molecular weight excluding hydrogens is 330 g/mol. The minimum absolute atomic E-state index is 0.215. The van der Waals surface area contributed by atoms with Crippen LogP contribution in [-0.4, -0.2) is 33.2 Å². The number of halogens is 1. The Balaban J connectivity index is 1.64. The van der Waals surface area contributed by atoms with Gasteiger partial charge in [-0.15, -0.1) is 0 Å². The number of likely N-dealkylation sites (tertiary alicyclic amines) is 1. The third-order valence-corrected chi connectivity index (χ3v) is 4.45. The van der Waals surface area contributed by atoms with Gasteiger partial charge in [0.1, 0.15) is 0 Å². The zero-order chi connectivity index (χ0) is 14.7. The molecule has 1 aliphatic heterocycles. The number of rotatable bonds is 4. The number of nitrogens with zero attached hydrogens (tertiary/aromatic N) is 3. The molecule has 0 unspecified atom stereocenters. The Bertz CT molecular complexity index is 594. The monoisotopic (exact) mass is 347 g/mol. The second kappa shape index (κ2) is 6.43. The molecule has 2 aromatic rings. The minimum Gasteiger partial charge on any atom is -0.338 e. The molecule has 0 spiro atoms. The van der Waals surface area contributed by atoms with Crippen molar-refractivity contribution < 1.29 is 4.79 Å². The Morgan fingerprint density at radius 2 is 2.14 bits per heavy atom. The summed E-state index contributed by atoms with van der Waals surface area (Å²) >= 11 is 3.42. The van der Waals surface area contributed by atoms with Gasteiger partial charge in [-0.3, -0.25) is 9.48 Å². The Morgan fingerprint density at radius 3 is 2.86 bits per heavy atom. The summed E-state index contributed by atoms with van der Waals surface area (Å²) in [6.07, 6.45) is 6.35. The molecule has 1 aliphatic rings. The fourth-order valence-electron chi connectivity index (χ4n) is 2.86. The molecule has 1 aromatic heterocycles. The molecule has 1 saturated heterocycles. The topological polar surface area (TPSA) is 38.1 Å². The van der Waals surface area contributed by atoms with Crippen molar-refractivity contribution in [2.45, 2.75) is 31.8 Å². The Morgan fingerprint density at radius 1 is 1.33 bits per heavy atom. The zero-order valence-corrected chi connectivity index (χ0v) is 13.4. The number of hydrogen-bond donors (Lipinski definition) is 0. The van der Waals surface area contributed by atoms with Crippen molar-refractivity contribution >= 4 is 21.8 Å². The first kappa shape index (κ1) is 14.3. The average molecular weight is 348 g/mol. The van der Waals surface area contributed by atoms with E-state index in [9.17, 15) is 4.79 Å². The highest BCUT2D eigenvalue weighted by Gasteiger charge is 2.28. The number of carbonyl (C=O) groups is 1. The van der Waals surface area contributed by atoms with Crippen LogP contribution < -0.4 is 0 Å². The smallest absolute Gasteiger partial charge is 0.227 e. The van der Waals surface area contributed by atoms with Gasteiger partial charge in [-0.2, -0.15) is 5.10 Å². The molecule has 4 nitrogen and oxygen atoms in total. The Labute approximate surface area is 132 Å². The summed E-state index contributed by atoms with van der Waals surface area (Å²) < 4.78 is 2.95. The quantitative estimate of drug-likeness (QED) is 0.852. The van der Waals surface area contributed by atoms with Crippen molar-refractivity contribution in [2.24, 2.45) is 0 Å². The van der Waals surface area contributed by atoms with Crippen molar-refractivity contribution in [1.29, 1.82) is 0 Å². The third-order valence-electron chi connectivity index (χ3n) is 3.92. The molecule has 0 aliphatic carbocycles. The van der Waals surface area contributed by atoms with E-state index in [4.69, 9.17) is 0 Å². The van der Waals surface area contributed by atoms with Crippen molar-refractivity contribution in [3.63, 3.8) is 0 Å². The van der Waals surface area contributed by atoms with Crippen LogP contribution in [-0.2, 0) is 17.8 Å². The van der Waals surface area contributed by atoms with Gasteiger partial charge in [-0.1, -0.05) is 28.1 Å². The van der Waals surface area contributed by atoms with Crippen LogP contribution in [0, 0.1) is 0 Å². The molecular formula is C16H18BrN3O. The van der Waals surface area contributed by atoms with E-state index in [1.54, 1.807) is 6.20 Å². The van der Waals surface area contributed by atoms with Crippen molar-refractivity contribution in [1.82, 2.24) is 14.7 Å². The Hall–Kier alpha value is -1.62. The molecule has 1 fully saturated rings. The largest absolute Gasteiger partial charge is 0.338 e. The fourth-order valence-corrected chi connectivity index (χ4v) is 3.12. The van der Waals surface area contributed by atoms with Gasteiger partial charge in [0.2, 0.25) is 5.91 Å². The van der Waals surface area contributed by atoms with E-state index in [0.717, 1.165) is 36.0 Å². The molecule has 0 N–H and O–H groups in total. The highest BCUT2D eigenvalue weighted by molar-refractivity contribution is 9.10. The summed E-state index contributed by atoms with van der Waals surface area (Å²) in [5, 5.41) is 4.24. The maximum atomic E-state index is 12.5. The van der Waals surface area contributed by atoms with Crippen molar-refractivity contribution in [3.8, 4) is 0 Å². The first-order valence-corrected chi connectivity index (χ1v) is 8.03. The normalized spacial score (nSPS) is 18.1. The molecule has 2 heterocycles. The lowest BCUT2D eigenvalue weighted by atomic mass is 10.1. The summed E-state index contributed by atoms with van der Waals surface area (Å²) in [4.78, 5) is 14.5. The van der Waals surface area contributed by atoms with Crippen LogP contribution in [0.15, 0.2) is 47.2 Å². The number of carbonyl (C=O) groups excluding carboxylic acids is 1. The lowest BCUT2D eigenvalue weighted by molar-refractivity contribution is -0.131. The second-order valence-corrected chi connectivity index (χ2v) is 6.33. The predicted molar refractivity (Wildman–Crippen MR) is 84.8 cm³/mol. The van der Waals surface area contributed by atoms with Crippen LogP contribution in [0.5, 0.6) is 0 Å². The molecule has 5 heteroatoms. The number of amides is 1. The van der Waals surface area contributed by atoms with E-state index in [1.807, 2.05) is 46.1 Å². The summed E-state index contributed by atoms with van der Waals surface area (Å²) in [6.45, 7) is 1.65. The summed E-state index contributed by atoms with van der Waals surface area (Å²) in [7, 11) is 0. The van der Waals surface area contributed by atoms with E-state index < -0.39 is 0 Å². The first-order chi connectivity index (χ1) is 10.2. The second-order valence-electron chi connectivity index (χ2n) is 5.41. The third kappa shape index (κ3) is 3.53. The predicted octanol–water partition coefficient (Wildman–Crippen LogP) is 2.88. The average Bonchev–Trinajstić information content (AvgIpc) is 3.13. The zero-order valence-electron chi connectivity index (χ0n) is 11.8. The maximum absolute atomic E-state index is 12.5. The first-order valence-electron chi connectivity index (χ1n) is 7.24. The molecule has 1 aromatic carbocycles. The molecule has 0 radical (unpaired) electrons. The van der Waals surface area contributed by atoms with Crippen LogP contribution in [0.3, 0.4) is 0 Å². The van der Waals surface area contributed by atoms with E-state index >= 15 is 0 Å². The van der Waals surface area contributed by atoms with Gasteiger partial charge in [-0.25, -0.2) is 0 Å². The fraction of sp³-hybridized carbons (Fsp3) is 0.375. The summed E-state index contributed by atoms with van der Waals surface area (Å²) in [5.74, 6) is 0.215. The molecule has 1 atom stereocenters. The number of benzene rings is 1. The number of hydrogen-bond acceptors (Lipinski definition) is 2. The van der Waals surface area contributed by atoms with Crippen molar-refractivity contribution in [2.75, 3.05) is 6.54 Å². The van der Waals surface area contributed by atoms with Gasteiger partial charge in [0, 0.05) is 23.4 Å². The van der Waals surface area contributed by atoms with Gasteiger partial charge >= 0.3 is 0 Å². The summed E-state index contributed by atoms with van der Waals surface area (Å²) in [5.41, 5.74) is 1.06. The maximum Gasteiger partial charge on any atom is 0.227 e. The minimum atomic E-state index is 0.215. The van der Waals surface area contributed by atoms with E-state index in [2.05, 4.69) is 21.0 Å². The van der Waals surface area contributed by atoms with Crippen LogP contribution in [0.2, 0.25) is 0 Å². The lowest BCUT2D eigenvalue weighted by Gasteiger charge is -2.25. The van der Waals surface area contributed by atoms with Crippen LogP contribution in [0.4, 0.5) is 0 Å². The SMILES string of the molecule is O=C(Cc1ccc(Br)cc1)N1CCC[C@@H]1Cn1cccn1. The highest BCUT2D eigenvalue weighted by Crippen LogP contribution is 2.20. The summed E-state index contributed by atoms with van der Waals surface area (Å²) in [6, 6.07) is 10.2. The van der Waals surface area contributed by atoms with Gasteiger partial charge in [0.05, 0.1) is 19.0 Å². The highest BCUT2D eigenvalue weighted by atomic mass is 79.9. The molecule has 0 bridgehead atoms. The molecule has 3 rings (SSSR count). The lowest BCUT2D eigenvalue weighted by Crippen LogP contribution is -2.39. The molecule has 1 amide bonds. The van der Waals surface area contributed by atoms with E-state index in [-0.39, 0.29) is 11.9 Å². The number of aromatic nitrogens is 2. The van der Waals surface area contributed by atoms with E-state index in [1.165, 1.54) is 0 Å². The van der Waals surface area contributed by atoms with Crippen LogP contribution in [0.1, 0.15) is 18.4 Å². The molecule has 110 valence electrons. The van der Waals surface area contributed by atoms with Gasteiger partial charge in [0.25, 0.3) is 0 Å². The van der Waals surface area contributed by atoms with Gasteiger partial charge in [0.15, 0.2) is 0 Å². The molecule has 21 heavy (non-hydrogen) atoms. The van der Waals surface area contributed by atoms with Crippen LogP contribution >= 0.6 is 15.9 Å². The van der Waals surface area contributed by atoms with Crippen molar-refractivity contribution in [3.05, 3.63) is 52.8 Å². The van der Waals surface area contributed by atoms with Gasteiger partial charge in [-0.05, 0) is 36.6 Å². The van der Waals surface area contributed by atoms with Crippen LogP contribution in [0.25, 0.3) is 0 Å². The Kier molecular flexibility index (Phi) is 4.39. The molecule has 0 saturated carbocycles. The van der Waals surface area contributed by atoms with E-state index in [0.29, 0.717) is 6.42 Å². The van der Waals surface area contributed by atoms with Gasteiger partial charge < -0.3 is 4.90 Å².